The lowest BCUT2D eigenvalue weighted by Crippen LogP contribution is -2.49. The molecule has 0 amide bonds. The number of hydrogen-bond acceptors (Lipinski definition) is 4. The van der Waals surface area contributed by atoms with Gasteiger partial charge in [0.15, 0.2) is 5.78 Å². The number of morpholine rings is 1. The van der Waals surface area contributed by atoms with Crippen LogP contribution in [-0.2, 0) is 4.74 Å². The van der Waals surface area contributed by atoms with Gasteiger partial charge in [0.1, 0.15) is 0 Å². The summed E-state index contributed by atoms with van der Waals surface area (Å²) in [5.41, 5.74) is 0.602. The van der Waals surface area contributed by atoms with Gasteiger partial charge in [-0.05, 0) is 12.1 Å². The number of carbonyl (C=O) groups is 1. The van der Waals surface area contributed by atoms with E-state index in [4.69, 9.17) is 16.3 Å². The Balaban J connectivity index is 2.02. The van der Waals surface area contributed by atoms with Crippen LogP contribution < -0.4 is 0 Å². The Kier molecular flexibility index (Phi) is 4.72. The highest BCUT2D eigenvalue weighted by atomic mass is 35.5. The first kappa shape index (κ1) is 13.5. The fourth-order valence-corrected chi connectivity index (χ4v) is 2.19. The maximum Gasteiger partial charge on any atom is 0.176 e. The van der Waals surface area contributed by atoms with Gasteiger partial charge in [-0.1, -0.05) is 23.7 Å². The summed E-state index contributed by atoms with van der Waals surface area (Å²) in [4.78, 5) is 14.1. The van der Waals surface area contributed by atoms with Crippen LogP contribution in [0.1, 0.15) is 10.4 Å². The second-order valence-corrected chi connectivity index (χ2v) is 4.75. The summed E-state index contributed by atoms with van der Waals surface area (Å²) >= 11 is 5.86. The molecule has 0 radical (unpaired) electrons. The van der Waals surface area contributed by atoms with Crippen molar-refractivity contribution >= 4 is 17.4 Å². The van der Waals surface area contributed by atoms with Crippen LogP contribution in [0.2, 0.25) is 5.02 Å². The third-order valence-corrected chi connectivity index (χ3v) is 3.29. The number of rotatable bonds is 4. The Morgan fingerprint density at radius 1 is 1.56 bits per heavy atom. The number of nitrogens with zero attached hydrogens (tertiary/aromatic N) is 1. The smallest absolute Gasteiger partial charge is 0.176 e. The standard InChI is InChI=1S/C13H16ClNO3/c14-11-3-1-2-10(6-11)13(17)7-15-4-5-18-9-12(15)8-16/h1-3,6,12,16H,4-5,7-9H2. The molecule has 0 spiro atoms. The van der Waals surface area contributed by atoms with Crippen LogP contribution in [0.25, 0.3) is 0 Å². The summed E-state index contributed by atoms with van der Waals surface area (Å²) in [6, 6.07) is 6.82. The van der Waals surface area contributed by atoms with Crippen LogP contribution in [0.5, 0.6) is 0 Å². The zero-order valence-electron chi connectivity index (χ0n) is 10.0. The molecule has 1 atom stereocenters. The minimum atomic E-state index is -0.0955. The maximum atomic E-state index is 12.1. The van der Waals surface area contributed by atoms with Gasteiger partial charge in [-0.25, -0.2) is 0 Å². The van der Waals surface area contributed by atoms with Crippen molar-refractivity contribution in [3.8, 4) is 0 Å². The van der Waals surface area contributed by atoms with E-state index in [-0.39, 0.29) is 25.0 Å². The summed E-state index contributed by atoms with van der Waals surface area (Å²) in [5, 5.41) is 9.79. The average molecular weight is 270 g/mol. The molecule has 5 heteroatoms. The quantitative estimate of drug-likeness (QED) is 0.835. The van der Waals surface area contributed by atoms with Gasteiger partial charge >= 0.3 is 0 Å². The molecule has 1 N–H and O–H groups in total. The molecule has 1 aliphatic heterocycles. The van der Waals surface area contributed by atoms with Gasteiger partial charge in [0.2, 0.25) is 0 Å². The molecule has 4 nitrogen and oxygen atoms in total. The van der Waals surface area contributed by atoms with Gasteiger partial charge in [0.05, 0.1) is 32.4 Å². The summed E-state index contributed by atoms with van der Waals surface area (Å²) in [6.07, 6.45) is 0. The van der Waals surface area contributed by atoms with E-state index < -0.39 is 0 Å². The SMILES string of the molecule is O=C(CN1CCOCC1CO)c1cccc(Cl)c1. The number of benzene rings is 1. The second-order valence-electron chi connectivity index (χ2n) is 4.32. The zero-order valence-corrected chi connectivity index (χ0v) is 10.8. The Morgan fingerprint density at radius 3 is 3.11 bits per heavy atom. The number of aliphatic hydroxyl groups excluding tert-OH is 1. The molecular weight excluding hydrogens is 254 g/mol. The molecule has 0 aromatic heterocycles. The minimum absolute atomic E-state index is 0.00280. The van der Waals surface area contributed by atoms with Gasteiger partial charge in [-0.15, -0.1) is 0 Å². The third kappa shape index (κ3) is 3.29. The summed E-state index contributed by atoms with van der Waals surface area (Å²) in [7, 11) is 0. The molecule has 0 saturated carbocycles. The Labute approximate surface area is 111 Å². The molecule has 2 rings (SSSR count). The highest BCUT2D eigenvalue weighted by Gasteiger charge is 2.24. The molecule has 18 heavy (non-hydrogen) atoms. The van der Waals surface area contributed by atoms with Crippen LogP contribution in [0.15, 0.2) is 24.3 Å². The lowest BCUT2D eigenvalue weighted by atomic mass is 10.1. The van der Waals surface area contributed by atoms with E-state index in [1.807, 2.05) is 4.90 Å². The van der Waals surface area contributed by atoms with Gasteiger partial charge in [0.25, 0.3) is 0 Å². The molecule has 98 valence electrons. The van der Waals surface area contributed by atoms with E-state index in [1.54, 1.807) is 24.3 Å². The largest absolute Gasteiger partial charge is 0.395 e. The molecule has 1 saturated heterocycles. The predicted molar refractivity (Wildman–Crippen MR) is 69.0 cm³/mol. The van der Waals surface area contributed by atoms with Gasteiger partial charge in [-0.3, -0.25) is 9.69 Å². The highest BCUT2D eigenvalue weighted by Crippen LogP contribution is 2.13. The van der Waals surface area contributed by atoms with Crippen LogP contribution >= 0.6 is 11.6 Å². The fraction of sp³-hybridized carbons (Fsp3) is 0.462. The third-order valence-electron chi connectivity index (χ3n) is 3.05. The number of Topliss-reactive ketones (excluding diaryl/α,β-unsaturated/α-hetero) is 1. The lowest BCUT2D eigenvalue weighted by molar-refractivity contribution is -0.0240. The van der Waals surface area contributed by atoms with Gasteiger partial charge in [0, 0.05) is 17.1 Å². The van der Waals surface area contributed by atoms with E-state index in [9.17, 15) is 9.90 Å². The van der Waals surface area contributed by atoms with Crippen molar-refractivity contribution in [2.75, 3.05) is 32.9 Å². The van der Waals surface area contributed by atoms with Crippen molar-refractivity contribution in [1.29, 1.82) is 0 Å². The number of ketones is 1. The highest BCUT2D eigenvalue weighted by molar-refractivity contribution is 6.31. The Morgan fingerprint density at radius 2 is 2.39 bits per heavy atom. The zero-order chi connectivity index (χ0) is 13.0. The van der Waals surface area contributed by atoms with Crippen molar-refractivity contribution in [2.24, 2.45) is 0 Å². The molecule has 1 aliphatic rings. The first-order valence-corrected chi connectivity index (χ1v) is 6.30. The van der Waals surface area contributed by atoms with E-state index in [2.05, 4.69) is 0 Å². The summed E-state index contributed by atoms with van der Waals surface area (Å²) < 4.78 is 5.28. The number of halogens is 1. The van der Waals surface area contributed by atoms with Gasteiger partial charge < -0.3 is 9.84 Å². The van der Waals surface area contributed by atoms with E-state index in [1.165, 1.54) is 0 Å². The van der Waals surface area contributed by atoms with Crippen LogP contribution in [0.4, 0.5) is 0 Å². The van der Waals surface area contributed by atoms with Crippen LogP contribution in [-0.4, -0.2) is 54.7 Å². The number of carbonyl (C=O) groups excluding carboxylic acids is 1. The molecule has 1 heterocycles. The number of hydrogen-bond donors (Lipinski definition) is 1. The molecule has 1 unspecified atom stereocenters. The average Bonchev–Trinajstić information content (AvgIpc) is 2.39. The van der Waals surface area contributed by atoms with E-state index in [0.29, 0.717) is 30.3 Å². The molecular formula is C13H16ClNO3. The van der Waals surface area contributed by atoms with E-state index in [0.717, 1.165) is 0 Å². The number of aliphatic hydroxyl groups is 1. The van der Waals surface area contributed by atoms with Crippen LogP contribution in [0.3, 0.4) is 0 Å². The lowest BCUT2D eigenvalue weighted by Gasteiger charge is -2.33. The van der Waals surface area contributed by atoms with Crippen molar-refractivity contribution < 1.29 is 14.6 Å². The second kappa shape index (κ2) is 6.29. The van der Waals surface area contributed by atoms with E-state index >= 15 is 0 Å². The first-order chi connectivity index (χ1) is 8.70. The Hall–Kier alpha value is -0.940. The normalized spacial score (nSPS) is 20.9. The maximum absolute atomic E-state index is 12.1. The summed E-state index contributed by atoms with van der Waals surface area (Å²) in [6.45, 7) is 2.02. The van der Waals surface area contributed by atoms with Crippen molar-refractivity contribution in [1.82, 2.24) is 4.90 Å². The number of ether oxygens (including phenoxy) is 1. The first-order valence-electron chi connectivity index (χ1n) is 5.92. The van der Waals surface area contributed by atoms with Crippen molar-refractivity contribution in [2.45, 2.75) is 6.04 Å². The molecule has 0 bridgehead atoms. The van der Waals surface area contributed by atoms with Crippen LogP contribution in [0, 0.1) is 0 Å². The fourth-order valence-electron chi connectivity index (χ4n) is 2.00. The molecule has 1 aromatic rings. The molecule has 0 aliphatic carbocycles. The monoisotopic (exact) mass is 269 g/mol. The molecule has 1 aromatic carbocycles. The predicted octanol–water partition coefficient (Wildman–Crippen LogP) is 1.22. The van der Waals surface area contributed by atoms with Crippen molar-refractivity contribution in [3.05, 3.63) is 34.9 Å². The summed E-state index contributed by atoms with van der Waals surface area (Å²) in [5.74, 6) is 0.0119. The minimum Gasteiger partial charge on any atom is -0.395 e. The topological polar surface area (TPSA) is 49.8 Å². The van der Waals surface area contributed by atoms with Gasteiger partial charge in [-0.2, -0.15) is 0 Å². The van der Waals surface area contributed by atoms with Crippen molar-refractivity contribution in [3.63, 3.8) is 0 Å². The molecule has 1 fully saturated rings. The Bertz CT molecular complexity index is 424.